The average molecular weight is 326 g/mol. The number of rotatable bonds is 7. The second-order valence-electron chi connectivity index (χ2n) is 4.82. The Labute approximate surface area is 131 Å². The Bertz CT molecular complexity index is 607. The van der Waals surface area contributed by atoms with E-state index in [2.05, 4.69) is 20.6 Å². The molecule has 0 saturated carbocycles. The SMILES string of the molecule is O[C@H](CNCCNc1nccc(C(F)(F)F)n1)c1ccccc1. The lowest BCUT2D eigenvalue weighted by Crippen LogP contribution is -2.27. The number of benzene rings is 1. The predicted molar refractivity (Wildman–Crippen MR) is 79.8 cm³/mol. The first-order valence-electron chi connectivity index (χ1n) is 7.04. The largest absolute Gasteiger partial charge is 0.433 e. The van der Waals surface area contributed by atoms with Gasteiger partial charge in [0.2, 0.25) is 5.95 Å². The van der Waals surface area contributed by atoms with Crippen LogP contribution in [0.5, 0.6) is 0 Å². The van der Waals surface area contributed by atoms with Gasteiger partial charge in [-0.2, -0.15) is 13.2 Å². The van der Waals surface area contributed by atoms with Gasteiger partial charge in [0, 0.05) is 25.8 Å². The molecule has 0 fully saturated rings. The monoisotopic (exact) mass is 326 g/mol. The van der Waals surface area contributed by atoms with Crippen molar-refractivity contribution in [1.29, 1.82) is 0 Å². The maximum Gasteiger partial charge on any atom is 0.433 e. The molecule has 0 unspecified atom stereocenters. The minimum Gasteiger partial charge on any atom is -0.387 e. The lowest BCUT2D eigenvalue weighted by molar-refractivity contribution is -0.141. The van der Waals surface area contributed by atoms with E-state index in [0.717, 1.165) is 17.8 Å². The molecule has 0 saturated heterocycles. The van der Waals surface area contributed by atoms with Crippen LogP contribution in [0.25, 0.3) is 0 Å². The first-order chi connectivity index (χ1) is 11.0. The van der Waals surface area contributed by atoms with Gasteiger partial charge in [-0.25, -0.2) is 9.97 Å². The maximum absolute atomic E-state index is 12.5. The van der Waals surface area contributed by atoms with Crippen molar-refractivity contribution in [3.63, 3.8) is 0 Å². The van der Waals surface area contributed by atoms with Crippen LogP contribution in [0.1, 0.15) is 17.4 Å². The Hall–Kier alpha value is -2.19. The smallest absolute Gasteiger partial charge is 0.387 e. The van der Waals surface area contributed by atoms with Crippen LogP contribution in [-0.2, 0) is 6.18 Å². The molecule has 8 heteroatoms. The van der Waals surface area contributed by atoms with Crippen molar-refractivity contribution < 1.29 is 18.3 Å². The van der Waals surface area contributed by atoms with E-state index < -0.39 is 18.0 Å². The number of hydrogen-bond donors (Lipinski definition) is 3. The molecule has 0 aliphatic carbocycles. The highest BCUT2D eigenvalue weighted by Gasteiger charge is 2.32. The Morgan fingerprint density at radius 2 is 1.83 bits per heavy atom. The molecule has 0 amide bonds. The van der Waals surface area contributed by atoms with Gasteiger partial charge < -0.3 is 15.7 Å². The van der Waals surface area contributed by atoms with Gasteiger partial charge in [-0.1, -0.05) is 30.3 Å². The van der Waals surface area contributed by atoms with Gasteiger partial charge in [0.25, 0.3) is 0 Å². The standard InChI is InChI=1S/C15H17F3N4O/c16-15(17,18)13-6-7-20-14(22-13)21-9-8-19-10-12(23)11-4-2-1-3-5-11/h1-7,12,19,23H,8-10H2,(H,20,21,22)/t12-/m1/s1. The van der Waals surface area contributed by atoms with Crippen molar-refractivity contribution in [3.8, 4) is 0 Å². The second kappa shape index (κ2) is 7.89. The quantitative estimate of drug-likeness (QED) is 0.681. The maximum atomic E-state index is 12.5. The summed E-state index contributed by atoms with van der Waals surface area (Å²) in [6.45, 7) is 1.13. The molecule has 1 aromatic heterocycles. The number of nitrogens with one attached hydrogen (secondary N) is 2. The van der Waals surface area contributed by atoms with E-state index in [1.807, 2.05) is 30.3 Å². The van der Waals surface area contributed by atoms with Crippen molar-refractivity contribution in [2.75, 3.05) is 25.0 Å². The first-order valence-corrected chi connectivity index (χ1v) is 7.04. The van der Waals surface area contributed by atoms with Gasteiger partial charge in [-0.05, 0) is 11.6 Å². The van der Waals surface area contributed by atoms with E-state index in [1.54, 1.807) is 0 Å². The lowest BCUT2D eigenvalue weighted by Gasteiger charge is -2.12. The number of anilines is 1. The number of alkyl halides is 3. The highest BCUT2D eigenvalue weighted by molar-refractivity contribution is 5.26. The molecule has 1 aromatic carbocycles. The number of hydrogen-bond acceptors (Lipinski definition) is 5. The van der Waals surface area contributed by atoms with Gasteiger partial charge in [0.15, 0.2) is 0 Å². The first kappa shape index (κ1) is 17.2. The minimum atomic E-state index is -4.49. The summed E-state index contributed by atoms with van der Waals surface area (Å²) in [5.74, 6) is -0.0785. The molecule has 124 valence electrons. The van der Waals surface area contributed by atoms with Crippen molar-refractivity contribution in [1.82, 2.24) is 15.3 Å². The third-order valence-corrected chi connectivity index (χ3v) is 3.05. The number of aromatic nitrogens is 2. The zero-order valence-electron chi connectivity index (χ0n) is 12.2. The molecule has 2 rings (SSSR count). The summed E-state index contributed by atoms with van der Waals surface area (Å²) in [5.41, 5.74) is -0.184. The summed E-state index contributed by atoms with van der Waals surface area (Å²) in [4.78, 5) is 7.13. The molecule has 0 spiro atoms. The molecule has 5 nitrogen and oxygen atoms in total. The molecule has 1 heterocycles. The van der Waals surface area contributed by atoms with Crippen molar-refractivity contribution in [2.45, 2.75) is 12.3 Å². The normalized spacial score (nSPS) is 12.9. The summed E-state index contributed by atoms with van der Waals surface area (Å²) in [6, 6.07) is 10.0. The number of aliphatic hydroxyl groups excluding tert-OH is 1. The fourth-order valence-electron chi connectivity index (χ4n) is 1.90. The van der Waals surface area contributed by atoms with Gasteiger partial charge in [-0.15, -0.1) is 0 Å². The summed E-state index contributed by atoms with van der Waals surface area (Å²) in [7, 11) is 0. The van der Waals surface area contributed by atoms with E-state index in [-0.39, 0.29) is 5.95 Å². The van der Waals surface area contributed by atoms with Gasteiger partial charge in [0.1, 0.15) is 5.69 Å². The Morgan fingerprint density at radius 1 is 1.09 bits per heavy atom. The topological polar surface area (TPSA) is 70.1 Å². The van der Waals surface area contributed by atoms with Crippen molar-refractivity contribution in [3.05, 3.63) is 53.9 Å². The minimum absolute atomic E-state index is 0.0785. The lowest BCUT2D eigenvalue weighted by atomic mass is 10.1. The van der Waals surface area contributed by atoms with Crippen LogP contribution in [0.15, 0.2) is 42.6 Å². The van der Waals surface area contributed by atoms with Crippen LogP contribution in [0.4, 0.5) is 19.1 Å². The van der Waals surface area contributed by atoms with Gasteiger partial charge in [0.05, 0.1) is 6.10 Å². The molecule has 2 aromatic rings. The van der Waals surface area contributed by atoms with Crippen LogP contribution < -0.4 is 10.6 Å². The van der Waals surface area contributed by atoms with E-state index in [1.165, 1.54) is 0 Å². The Balaban J connectivity index is 1.72. The molecule has 0 bridgehead atoms. The average Bonchev–Trinajstić information content (AvgIpc) is 2.54. The third kappa shape index (κ3) is 5.50. The van der Waals surface area contributed by atoms with E-state index in [4.69, 9.17) is 0 Å². The van der Waals surface area contributed by atoms with Crippen LogP contribution in [0.3, 0.4) is 0 Å². The van der Waals surface area contributed by atoms with Gasteiger partial charge in [-0.3, -0.25) is 0 Å². The highest BCUT2D eigenvalue weighted by Crippen LogP contribution is 2.27. The number of nitrogens with zero attached hydrogens (tertiary/aromatic N) is 2. The van der Waals surface area contributed by atoms with Crippen LogP contribution in [-0.4, -0.2) is 34.7 Å². The molecule has 0 aliphatic heterocycles. The van der Waals surface area contributed by atoms with Gasteiger partial charge >= 0.3 is 6.18 Å². The van der Waals surface area contributed by atoms with Crippen molar-refractivity contribution >= 4 is 5.95 Å². The van der Waals surface area contributed by atoms with Crippen LogP contribution in [0, 0.1) is 0 Å². The fraction of sp³-hybridized carbons (Fsp3) is 0.333. The summed E-state index contributed by atoms with van der Waals surface area (Å²) < 4.78 is 37.5. The zero-order chi connectivity index (χ0) is 16.7. The highest BCUT2D eigenvalue weighted by atomic mass is 19.4. The fourth-order valence-corrected chi connectivity index (χ4v) is 1.90. The summed E-state index contributed by atoms with van der Waals surface area (Å²) in [5, 5.41) is 15.6. The third-order valence-electron chi connectivity index (χ3n) is 3.05. The Morgan fingerprint density at radius 3 is 2.52 bits per heavy atom. The van der Waals surface area contributed by atoms with Crippen molar-refractivity contribution in [2.24, 2.45) is 0 Å². The predicted octanol–water partition coefficient (Wildman–Crippen LogP) is 2.23. The number of aliphatic hydroxyl groups is 1. The molecule has 1 atom stereocenters. The Kier molecular flexibility index (Phi) is 5.89. The molecule has 0 radical (unpaired) electrons. The van der Waals surface area contributed by atoms with E-state index in [9.17, 15) is 18.3 Å². The summed E-state index contributed by atoms with van der Waals surface area (Å²) in [6.07, 6.45) is -4.07. The van der Waals surface area contributed by atoms with Crippen LogP contribution in [0.2, 0.25) is 0 Å². The van der Waals surface area contributed by atoms with E-state index in [0.29, 0.717) is 19.6 Å². The molecule has 23 heavy (non-hydrogen) atoms. The zero-order valence-corrected chi connectivity index (χ0v) is 12.2. The molecular weight excluding hydrogens is 309 g/mol. The van der Waals surface area contributed by atoms with Crippen LogP contribution >= 0.6 is 0 Å². The molecular formula is C15H17F3N4O. The molecule has 0 aliphatic rings. The van der Waals surface area contributed by atoms with E-state index >= 15 is 0 Å². The summed E-state index contributed by atoms with van der Waals surface area (Å²) >= 11 is 0. The number of halogens is 3. The molecule has 3 N–H and O–H groups in total. The second-order valence-corrected chi connectivity index (χ2v) is 4.82.